The molecule has 1 atom stereocenters. The van der Waals surface area contributed by atoms with E-state index in [1.807, 2.05) is 11.7 Å². The number of carbonyl (C=O) groups excluding carboxylic acids is 1. The van der Waals surface area contributed by atoms with Crippen LogP contribution in [0.5, 0.6) is 0 Å². The second kappa shape index (κ2) is 3.37. The Bertz CT molecular complexity index is 161. The van der Waals surface area contributed by atoms with E-state index in [2.05, 4.69) is 0 Å². The fraction of sp³-hybridized carbons (Fsp3) is 0.857. The summed E-state index contributed by atoms with van der Waals surface area (Å²) in [7, 11) is -0.412. The number of Topliss-reactive ketones (excluding diaryl/α,β-unsaturated/α-hetero) is 1. The molecule has 1 rings (SSSR count). The number of piperidine rings is 1. The van der Waals surface area contributed by atoms with Crippen molar-refractivity contribution in [2.75, 3.05) is 13.1 Å². The Kier molecular flexibility index (Phi) is 2.68. The molecule has 1 heterocycles. The van der Waals surface area contributed by atoms with E-state index in [1.54, 1.807) is 6.82 Å². The fourth-order valence-electron chi connectivity index (χ4n) is 1.38. The van der Waals surface area contributed by atoms with Crippen molar-refractivity contribution in [1.29, 1.82) is 0 Å². The van der Waals surface area contributed by atoms with Gasteiger partial charge in [-0.1, -0.05) is 6.92 Å². The highest BCUT2D eigenvalue weighted by Gasteiger charge is 2.27. The first kappa shape index (κ1) is 8.75. The third kappa shape index (κ3) is 2.04. The monoisotopic (exact) mass is 155 g/mol. The van der Waals surface area contributed by atoms with Crippen molar-refractivity contribution >= 4 is 12.8 Å². The minimum Gasteiger partial charge on any atom is -0.437 e. The summed E-state index contributed by atoms with van der Waals surface area (Å²) in [6.45, 7) is 5.07. The second-order valence-electron chi connectivity index (χ2n) is 3.24. The van der Waals surface area contributed by atoms with Crippen LogP contribution in [0.4, 0.5) is 0 Å². The largest absolute Gasteiger partial charge is 0.437 e. The van der Waals surface area contributed by atoms with Crippen molar-refractivity contribution in [2.24, 2.45) is 5.92 Å². The van der Waals surface area contributed by atoms with Crippen molar-refractivity contribution in [2.45, 2.75) is 20.2 Å². The van der Waals surface area contributed by atoms with Gasteiger partial charge in [0, 0.05) is 12.3 Å². The Morgan fingerprint density at radius 1 is 1.73 bits per heavy atom. The molecule has 3 nitrogen and oxygen atoms in total. The zero-order valence-electron chi connectivity index (χ0n) is 7.08. The normalized spacial score (nSPS) is 27.2. The van der Waals surface area contributed by atoms with Gasteiger partial charge in [0.15, 0.2) is 0 Å². The Balaban J connectivity index is 2.46. The highest BCUT2D eigenvalue weighted by atomic mass is 16.2. The lowest BCUT2D eigenvalue weighted by Crippen LogP contribution is -2.46. The first-order chi connectivity index (χ1) is 5.11. The molecule has 0 spiro atoms. The van der Waals surface area contributed by atoms with E-state index in [9.17, 15) is 9.82 Å². The van der Waals surface area contributed by atoms with Gasteiger partial charge in [0.05, 0.1) is 0 Å². The van der Waals surface area contributed by atoms with Crippen LogP contribution in [-0.4, -0.2) is 35.8 Å². The topological polar surface area (TPSA) is 40.5 Å². The summed E-state index contributed by atoms with van der Waals surface area (Å²) in [5.41, 5.74) is 0. The molecule has 0 amide bonds. The maximum atomic E-state index is 11.1. The fourth-order valence-corrected chi connectivity index (χ4v) is 1.38. The van der Waals surface area contributed by atoms with E-state index < -0.39 is 7.05 Å². The van der Waals surface area contributed by atoms with Gasteiger partial charge in [0.2, 0.25) is 0 Å². The van der Waals surface area contributed by atoms with Gasteiger partial charge in [-0.2, -0.15) is 0 Å². The number of ketones is 1. The third-order valence-electron chi connectivity index (χ3n) is 2.23. The maximum Gasteiger partial charge on any atom is 0.376 e. The number of hydrogen-bond donors (Lipinski definition) is 1. The molecule has 0 aromatic carbocycles. The van der Waals surface area contributed by atoms with Crippen LogP contribution in [0.15, 0.2) is 0 Å². The molecule has 1 N–H and O–H groups in total. The van der Waals surface area contributed by atoms with E-state index in [-0.39, 0.29) is 5.92 Å². The summed E-state index contributed by atoms with van der Waals surface area (Å²) in [4.78, 5) is 13.0. The molecule has 0 radical (unpaired) electrons. The van der Waals surface area contributed by atoms with Crippen LogP contribution >= 0.6 is 0 Å². The summed E-state index contributed by atoms with van der Waals surface area (Å²) in [5.74, 6) is 0.417. The van der Waals surface area contributed by atoms with E-state index in [1.165, 1.54) is 0 Å². The van der Waals surface area contributed by atoms with Crippen LogP contribution in [0.2, 0.25) is 6.82 Å². The first-order valence-electron chi connectivity index (χ1n) is 4.06. The number of hydrogen-bond acceptors (Lipinski definition) is 3. The molecule has 0 saturated carbocycles. The highest BCUT2D eigenvalue weighted by molar-refractivity contribution is 6.45. The smallest absolute Gasteiger partial charge is 0.376 e. The van der Waals surface area contributed by atoms with Gasteiger partial charge >= 0.3 is 7.05 Å². The Morgan fingerprint density at radius 2 is 2.36 bits per heavy atom. The van der Waals surface area contributed by atoms with E-state index in [0.717, 1.165) is 0 Å². The lowest BCUT2D eigenvalue weighted by Gasteiger charge is -2.30. The molecule has 1 aliphatic heterocycles. The predicted octanol–water partition coefficient (Wildman–Crippen LogP) is 0.00760. The van der Waals surface area contributed by atoms with Crippen molar-refractivity contribution in [3.05, 3.63) is 0 Å². The van der Waals surface area contributed by atoms with E-state index in [0.29, 0.717) is 25.3 Å². The zero-order chi connectivity index (χ0) is 8.43. The minimum atomic E-state index is -0.412. The summed E-state index contributed by atoms with van der Waals surface area (Å²) < 4.78 is 0. The van der Waals surface area contributed by atoms with Crippen molar-refractivity contribution in [3.8, 4) is 0 Å². The molecule has 1 fully saturated rings. The van der Waals surface area contributed by atoms with Gasteiger partial charge < -0.3 is 9.83 Å². The van der Waals surface area contributed by atoms with Crippen LogP contribution in [0.1, 0.15) is 13.3 Å². The lowest BCUT2D eigenvalue weighted by molar-refractivity contribution is -0.124. The lowest BCUT2D eigenvalue weighted by atomic mass is 9.81. The summed E-state index contributed by atoms with van der Waals surface area (Å²) >= 11 is 0. The summed E-state index contributed by atoms with van der Waals surface area (Å²) in [6, 6.07) is 0. The average Bonchev–Trinajstić information content (AvgIpc) is 1.94. The molecule has 1 unspecified atom stereocenters. The third-order valence-corrected chi connectivity index (χ3v) is 2.23. The van der Waals surface area contributed by atoms with Crippen molar-refractivity contribution < 1.29 is 9.82 Å². The van der Waals surface area contributed by atoms with Gasteiger partial charge in [-0.05, 0) is 19.9 Å². The number of nitrogens with zero attached hydrogens (tertiary/aromatic N) is 1. The Morgan fingerprint density at radius 3 is 2.82 bits per heavy atom. The van der Waals surface area contributed by atoms with Gasteiger partial charge in [0.25, 0.3) is 0 Å². The molecule has 1 aliphatic rings. The molecule has 0 bridgehead atoms. The second-order valence-corrected chi connectivity index (χ2v) is 3.24. The minimum absolute atomic E-state index is 0.0957. The molecule has 62 valence electrons. The Labute approximate surface area is 67.5 Å². The predicted molar refractivity (Wildman–Crippen MR) is 44.2 cm³/mol. The number of rotatable bonds is 1. The zero-order valence-corrected chi connectivity index (χ0v) is 7.08. The molecule has 0 aromatic heterocycles. The van der Waals surface area contributed by atoms with Gasteiger partial charge in [-0.3, -0.25) is 4.79 Å². The molecule has 0 aromatic rings. The van der Waals surface area contributed by atoms with Crippen LogP contribution in [-0.2, 0) is 4.79 Å². The molecular weight excluding hydrogens is 141 g/mol. The van der Waals surface area contributed by atoms with Gasteiger partial charge in [0.1, 0.15) is 5.78 Å². The molecule has 4 heteroatoms. The number of carbonyl (C=O) groups is 1. The van der Waals surface area contributed by atoms with E-state index in [4.69, 9.17) is 0 Å². The highest BCUT2D eigenvalue weighted by Crippen LogP contribution is 2.12. The summed E-state index contributed by atoms with van der Waals surface area (Å²) in [6.07, 6.45) is 0.589. The van der Waals surface area contributed by atoms with Gasteiger partial charge in [-0.15, -0.1) is 0 Å². The molecule has 11 heavy (non-hydrogen) atoms. The molecule has 1 saturated heterocycles. The Hall–Kier alpha value is -0.345. The first-order valence-corrected chi connectivity index (χ1v) is 4.06. The van der Waals surface area contributed by atoms with Crippen LogP contribution in [0.3, 0.4) is 0 Å². The summed E-state index contributed by atoms with van der Waals surface area (Å²) in [5, 5.41) is 9.20. The average molecular weight is 155 g/mol. The standard InChI is InChI=1S/C7H14BNO2/c1-6-5-9(8(2)11)4-3-7(6)10/h6,11H,3-5H2,1-2H3. The molecule has 0 aliphatic carbocycles. The van der Waals surface area contributed by atoms with Crippen LogP contribution in [0.25, 0.3) is 0 Å². The van der Waals surface area contributed by atoms with Crippen LogP contribution in [0, 0.1) is 5.92 Å². The van der Waals surface area contributed by atoms with Crippen LogP contribution < -0.4 is 0 Å². The maximum absolute atomic E-state index is 11.1. The van der Waals surface area contributed by atoms with E-state index >= 15 is 0 Å². The quantitative estimate of drug-likeness (QED) is 0.542. The van der Waals surface area contributed by atoms with Gasteiger partial charge in [-0.25, -0.2) is 0 Å². The van der Waals surface area contributed by atoms with Crippen molar-refractivity contribution in [3.63, 3.8) is 0 Å². The van der Waals surface area contributed by atoms with Crippen molar-refractivity contribution in [1.82, 2.24) is 4.81 Å². The molecular formula is C7H14BNO2. The SMILES string of the molecule is CB(O)N1CCC(=O)C(C)C1.